The Bertz CT molecular complexity index is 267. The zero-order valence-corrected chi connectivity index (χ0v) is 8.31. The summed E-state index contributed by atoms with van der Waals surface area (Å²) < 4.78 is 17.0. The maximum Gasteiger partial charge on any atom is -0.0273 e. The van der Waals surface area contributed by atoms with Crippen LogP contribution in [-0.2, 0) is 38.6 Å². The van der Waals surface area contributed by atoms with Crippen LogP contribution >= 0.6 is 0 Å². The average Bonchev–Trinajstić information content (AvgIpc) is 2.52. The molecule has 0 saturated heterocycles. The Hall–Kier alpha value is -0.466. The summed E-state index contributed by atoms with van der Waals surface area (Å²) in [6, 6.07) is 8.74. The summed E-state index contributed by atoms with van der Waals surface area (Å²) >= 11 is -2.00. The van der Waals surface area contributed by atoms with Gasteiger partial charge in [0, 0.05) is 0 Å². The topological polar surface area (TPSA) is 34.1 Å². The first-order valence-corrected chi connectivity index (χ1v) is 5.22. The van der Waals surface area contributed by atoms with Crippen molar-refractivity contribution in [2.75, 3.05) is 0 Å². The molecular formula is C9H10O2Ti. The van der Waals surface area contributed by atoms with E-state index in [-0.39, 0.29) is 0 Å². The first-order valence-electron chi connectivity index (χ1n) is 3.94. The van der Waals surface area contributed by atoms with Gasteiger partial charge in [-0.25, -0.2) is 0 Å². The van der Waals surface area contributed by atoms with Crippen LogP contribution in [0.2, 0.25) is 0 Å². The molecule has 0 aromatic heterocycles. The Kier molecular flexibility index (Phi) is 4.19. The minimum absolute atomic E-state index is 1.30. The zero-order valence-electron chi connectivity index (χ0n) is 6.75. The number of rotatable bonds is 0. The van der Waals surface area contributed by atoms with E-state index in [1.807, 2.05) is 0 Å². The number of hydrogen-bond donors (Lipinski definition) is 0. The first-order chi connectivity index (χ1) is 5.88. The largest absolute Gasteiger partial charge is 0.0620 e. The van der Waals surface area contributed by atoms with Crippen LogP contribution in [0.15, 0.2) is 24.3 Å². The van der Waals surface area contributed by atoms with Crippen molar-refractivity contribution >= 4 is 0 Å². The molecule has 0 bridgehead atoms. The standard InChI is InChI=1S/C9H10.2O.Ti/c1-2-5-9-7-3-6-8(9)4-1;;;/h1-2,4-5H,3,6-7H2;;;. The maximum absolute atomic E-state index is 8.50. The van der Waals surface area contributed by atoms with Gasteiger partial charge in [-0.2, -0.15) is 0 Å². The van der Waals surface area contributed by atoms with Crippen LogP contribution in [-0.4, -0.2) is 0 Å². The Balaban J connectivity index is 0.000000213. The van der Waals surface area contributed by atoms with Crippen LogP contribution in [0, 0.1) is 0 Å². The minimum atomic E-state index is -2.00. The molecule has 2 rings (SSSR count). The van der Waals surface area contributed by atoms with Crippen molar-refractivity contribution in [3.63, 3.8) is 0 Å². The van der Waals surface area contributed by atoms with Gasteiger partial charge < -0.3 is 0 Å². The van der Waals surface area contributed by atoms with Crippen molar-refractivity contribution in [2.24, 2.45) is 0 Å². The molecule has 0 amide bonds. The molecule has 0 atom stereocenters. The molecule has 3 heteroatoms. The summed E-state index contributed by atoms with van der Waals surface area (Å²) in [5.74, 6) is 0. The van der Waals surface area contributed by atoms with Crippen molar-refractivity contribution < 1.29 is 25.7 Å². The summed E-state index contributed by atoms with van der Waals surface area (Å²) in [6.45, 7) is 0. The SMILES string of the molecule is [O]=[Ti]=[O].c1ccc2c(c1)CCC2. The molecule has 0 heterocycles. The van der Waals surface area contributed by atoms with Crippen LogP contribution in [0.4, 0.5) is 0 Å². The number of hydrogen-bond acceptors (Lipinski definition) is 2. The molecule has 0 spiro atoms. The normalized spacial score (nSPS) is 12.3. The zero-order chi connectivity index (χ0) is 8.81. The van der Waals surface area contributed by atoms with Crippen LogP contribution < -0.4 is 0 Å². The third kappa shape index (κ3) is 2.54. The smallest absolute Gasteiger partial charge is 0.0273 e. The van der Waals surface area contributed by atoms with E-state index in [1.165, 1.54) is 19.3 Å². The second kappa shape index (κ2) is 5.23. The van der Waals surface area contributed by atoms with Crippen LogP contribution in [0.3, 0.4) is 0 Å². The van der Waals surface area contributed by atoms with Crippen molar-refractivity contribution in [3.05, 3.63) is 35.4 Å². The molecule has 1 aromatic carbocycles. The Morgan fingerprint density at radius 3 is 1.83 bits per heavy atom. The van der Waals surface area contributed by atoms with Gasteiger partial charge in [-0.3, -0.25) is 0 Å². The summed E-state index contributed by atoms with van der Waals surface area (Å²) in [5, 5.41) is 0. The predicted octanol–water partition coefficient (Wildman–Crippen LogP) is 1.94. The van der Waals surface area contributed by atoms with Gasteiger partial charge in [0.05, 0.1) is 0 Å². The molecule has 0 aliphatic heterocycles. The molecule has 62 valence electrons. The second-order valence-electron chi connectivity index (χ2n) is 2.71. The molecule has 1 aliphatic carbocycles. The van der Waals surface area contributed by atoms with Crippen molar-refractivity contribution in [3.8, 4) is 0 Å². The molecular weight excluding hydrogens is 188 g/mol. The Labute approximate surface area is 80.6 Å². The van der Waals surface area contributed by atoms with E-state index in [1.54, 1.807) is 11.1 Å². The van der Waals surface area contributed by atoms with E-state index < -0.39 is 19.1 Å². The maximum atomic E-state index is 8.50. The van der Waals surface area contributed by atoms with Gasteiger partial charge in [0.2, 0.25) is 0 Å². The molecule has 0 fully saturated rings. The van der Waals surface area contributed by atoms with E-state index in [9.17, 15) is 0 Å². The summed E-state index contributed by atoms with van der Waals surface area (Å²) in [7, 11) is 0. The summed E-state index contributed by atoms with van der Waals surface area (Å²) in [5.41, 5.74) is 3.13. The molecule has 2 nitrogen and oxygen atoms in total. The third-order valence-corrected chi connectivity index (χ3v) is 2.01. The fourth-order valence-corrected chi connectivity index (χ4v) is 1.51. The third-order valence-electron chi connectivity index (χ3n) is 2.01. The van der Waals surface area contributed by atoms with Gasteiger partial charge in [-0.1, -0.05) is 24.3 Å². The van der Waals surface area contributed by atoms with Crippen LogP contribution in [0.5, 0.6) is 0 Å². The van der Waals surface area contributed by atoms with Gasteiger partial charge in [-0.05, 0) is 30.4 Å². The number of fused-ring (bicyclic) bond motifs is 1. The van der Waals surface area contributed by atoms with Gasteiger partial charge in [0.15, 0.2) is 0 Å². The fraction of sp³-hybridized carbons (Fsp3) is 0.333. The van der Waals surface area contributed by atoms with E-state index >= 15 is 0 Å². The quantitative estimate of drug-likeness (QED) is 0.597. The number of benzene rings is 1. The molecule has 0 N–H and O–H groups in total. The van der Waals surface area contributed by atoms with Crippen molar-refractivity contribution in [2.45, 2.75) is 19.3 Å². The van der Waals surface area contributed by atoms with Crippen molar-refractivity contribution in [1.82, 2.24) is 0 Å². The monoisotopic (exact) mass is 198 g/mol. The van der Waals surface area contributed by atoms with E-state index in [4.69, 9.17) is 6.65 Å². The van der Waals surface area contributed by atoms with Gasteiger partial charge in [0.1, 0.15) is 0 Å². The van der Waals surface area contributed by atoms with Gasteiger partial charge in [0.25, 0.3) is 0 Å². The summed E-state index contributed by atoms with van der Waals surface area (Å²) in [4.78, 5) is 0. The van der Waals surface area contributed by atoms with E-state index in [2.05, 4.69) is 24.3 Å². The molecule has 0 unspecified atom stereocenters. The summed E-state index contributed by atoms with van der Waals surface area (Å²) in [6.07, 6.45) is 3.96. The van der Waals surface area contributed by atoms with Gasteiger partial charge >= 0.3 is 25.7 Å². The van der Waals surface area contributed by atoms with E-state index in [0.29, 0.717) is 0 Å². The molecule has 12 heavy (non-hydrogen) atoms. The molecule has 1 aliphatic rings. The Morgan fingerprint density at radius 2 is 1.42 bits per heavy atom. The van der Waals surface area contributed by atoms with Gasteiger partial charge in [-0.15, -0.1) is 0 Å². The van der Waals surface area contributed by atoms with Crippen molar-refractivity contribution in [1.29, 1.82) is 0 Å². The first kappa shape index (κ1) is 9.62. The van der Waals surface area contributed by atoms with Crippen LogP contribution in [0.1, 0.15) is 17.5 Å². The fourth-order valence-electron chi connectivity index (χ4n) is 1.51. The molecule has 0 saturated carbocycles. The van der Waals surface area contributed by atoms with Crippen LogP contribution in [0.25, 0.3) is 0 Å². The number of aryl methyl sites for hydroxylation is 2. The molecule has 1 aromatic rings. The Morgan fingerprint density at radius 1 is 1.00 bits per heavy atom. The molecule has 0 radical (unpaired) electrons. The minimum Gasteiger partial charge on any atom is -0.0620 e. The van der Waals surface area contributed by atoms with E-state index in [0.717, 1.165) is 0 Å². The second-order valence-corrected chi connectivity index (χ2v) is 2.97. The predicted molar refractivity (Wildman–Crippen MR) is 39.8 cm³/mol. The average molecular weight is 198 g/mol.